The van der Waals surface area contributed by atoms with Gasteiger partial charge in [0.1, 0.15) is 5.84 Å². The molecule has 2 aliphatic heterocycles. The highest BCUT2D eigenvalue weighted by Crippen LogP contribution is 2.10. The number of aliphatic imine (C=N–C) groups is 1. The van der Waals surface area contributed by atoms with Crippen LogP contribution in [0.25, 0.3) is 0 Å². The third-order valence-electron chi connectivity index (χ3n) is 2.43. The SMILES string of the molecule is CC(C)NC1=NCC(C(=O)CN2CC2)=C1. The van der Waals surface area contributed by atoms with E-state index >= 15 is 0 Å². The molecule has 1 saturated heterocycles. The van der Waals surface area contributed by atoms with Crippen molar-refractivity contribution in [2.24, 2.45) is 4.99 Å². The number of ketones is 1. The molecule has 0 aromatic heterocycles. The Bertz CT molecular complexity index is 327. The van der Waals surface area contributed by atoms with Crippen LogP contribution in [0, 0.1) is 0 Å². The maximum Gasteiger partial charge on any atom is 0.174 e. The quantitative estimate of drug-likeness (QED) is 0.670. The van der Waals surface area contributed by atoms with Crippen molar-refractivity contribution in [2.75, 3.05) is 26.2 Å². The topological polar surface area (TPSA) is 44.5 Å². The number of carbonyl (C=O) groups excluding carboxylic acids is 1. The zero-order valence-electron chi connectivity index (χ0n) is 9.29. The minimum Gasteiger partial charge on any atom is -0.368 e. The summed E-state index contributed by atoms with van der Waals surface area (Å²) in [6.07, 6.45) is 1.88. The van der Waals surface area contributed by atoms with Gasteiger partial charge in [-0.2, -0.15) is 0 Å². The first-order valence-corrected chi connectivity index (χ1v) is 5.42. The van der Waals surface area contributed by atoms with Gasteiger partial charge < -0.3 is 5.32 Å². The van der Waals surface area contributed by atoms with Crippen molar-refractivity contribution in [3.05, 3.63) is 11.6 Å². The van der Waals surface area contributed by atoms with Crippen LogP contribution in [0.2, 0.25) is 0 Å². The third-order valence-corrected chi connectivity index (χ3v) is 2.43. The van der Waals surface area contributed by atoms with Gasteiger partial charge in [0, 0.05) is 24.7 Å². The van der Waals surface area contributed by atoms with Gasteiger partial charge in [-0.1, -0.05) is 0 Å². The second-order valence-electron chi connectivity index (χ2n) is 4.37. The molecule has 0 atom stereocenters. The molecule has 0 aromatic carbocycles. The van der Waals surface area contributed by atoms with Crippen molar-refractivity contribution >= 4 is 11.6 Å². The lowest BCUT2D eigenvalue weighted by molar-refractivity contribution is -0.115. The van der Waals surface area contributed by atoms with Gasteiger partial charge in [0.05, 0.1) is 13.1 Å². The predicted octanol–water partition coefficient (Wildman–Crippen LogP) is 0.208. The van der Waals surface area contributed by atoms with Gasteiger partial charge in [0.15, 0.2) is 5.78 Å². The lowest BCUT2D eigenvalue weighted by atomic mass is 10.1. The fourth-order valence-corrected chi connectivity index (χ4v) is 1.51. The Balaban J connectivity index is 1.87. The molecule has 0 radical (unpaired) electrons. The molecular weight excluding hydrogens is 190 g/mol. The van der Waals surface area contributed by atoms with Crippen LogP contribution >= 0.6 is 0 Å². The highest BCUT2D eigenvalue weighted by Gasteiger charge is 2.23. The van der Waals surface area contributed by atoms with Crippen LogP contribution in [0.1, 0.15) is 13.8 Å². The van der Waals surface area contributed by atoms with Crippen LogP contribution in [-0.4, -0.2) is 48.7 Å². The second kappa shape index (κ2) is 4.14. The van der Waals surface area contributed by atoms with E-state index < -0.39 is 0 Å². The highest BCUT2D eigenvalue weighted by molar-refractivity contribution is 6.07. The summed E-state index contributed by atoms with van der Waals surface area (Å²) in [5.74, 6) is 1.07. The van der Waals surface area contributed by atoms with Crippen molar-refractivity contribution in [1.82, 2.24) is 10.2 Å². The second-order valence-corrected chi connectivity index (χ2v) is 4.37. The standard InChI is InChI=1S/C11H17N3O/c1-8(2)13-11-5-9(6-12-11)10(15)7-14-3-4-14/h5,8H,3-4,6-7H2,1-2H3,(H,12,13). The monoisotopic (exact) mass is 207 g/mol. The molecule has 0 amide bonds. The molecule has 1 fully saturated rings. The average molecular weight is 207 g/mol. The molecule has 4 nitrogen and oxygen atoms in total. The molecule has 0 aliphatic carbocycles. The summed E-state index contributed by atoms with van der Waals surface area (Å²) in [6, 6.07) is 0.363. The first-order valence-electron chi connectivity index (χ1n) is 5.42. The molecule has 15 heavy (non-hydrogen) atoms. The highest BCUT2D eigenvalue weighted by atomic mass is 16.1. The first kappa shape index (κ1) is 10.4. The van der Waals surface area contributed by atoms with E-state index in [0.29, 0.717) is 19.1 Å². The van der Waals surface area contributed by atoms with Crippen molar-refractivity contribution in [3.8, 4) is 0 Å². The van der Waals surface area contributed by atoms with Gasteiger partial charge >= 0.3 is 0 Å². The Morgan fingerprint density at radius 2 is 2.33 bits per heavy atom. The number of nitrogens with zero attached hydrogens (tertiary/aromatic N) is 2. The van der Waals surface area contributed by atoms with E-state index in [1.165, 1.54) is 0 Å². The number of nitrogens with one attached hydrogen (secondary N) is 1. The average Bonchev–Trinajstić information content (AvgIpc) is 2.83. The molecular formula is C11H17N3O. The number of amidine groups is 1. The largest absolute Gasteiger partial charge is 0.368 e. The van der Waals surface area contributed by atoms with Crippen LogP contribution in [0.3, 0.4) is 0 Å². The Morgan fingerprint density at radius 1 is 1.60 bits per heavy atom. The molecule has 0 unspecified atom stereocenters. The summed E-state index contributed by atoms with van der Waals surface area (Å²) in [5.41, 5.74) is 0.838. The minimum absolute atomic E-state index is 0.219. The van der Waals surface area contributed by atoms with Crippen LogP contribution in [-0.2, 0) is 4.79 Å². The summed E-state index contributed by atoms with van der Waals surface area (Å²) >= 11 is 0. The van der Waals surface area contributed by atoms with Gasteiger partial charge in [-0.25, -0.2) is 0 Å². The van der Waals surface area contributed by atoms with Gasteiger partial charge in [-0.05, 0) is 19.9 Å². The molecule has 2 aliphatic rings. The Hall–Kier alpha value is -1.16. The molecule has 2 heterocycles. The maximum absolute atomic E-state index is 11.7. The molecule has 1 N–H and O–H groups in total. The van der Waals surface area contributed by atoms with E-state index in [9.17, 15) is 4.79 Å². The van der Waals surface area contributed by atoms with E-state index in [1.807, 2.05) is 6.08 Å². The zero-order valence-corrected chi connectivity index (χ0v) is 9.29. The summed E-state index contributed by atoms with van der Waals surface area (Å²) < 4.78 is 0. The molecule has 2 rings (SSSR count). The maximum atomic E-state index is 11.7. The molecule has 0 aromatic rings. The number of Topliss-reactive ketones (excluding diaryl/α,β-unsaturated/α-hetero) is 1. The number of rotatable bonds is 4. The van der Waals surface area contributed by atoms with Crippen molar-refractivity contribution in [1.29, 1.82) is 0 Å². The third kappa shape index (κ3) is 2.89. The van der Waals surface area contributed by atoms with Gasteiger partial charge in [0.25, 0.3) is 0 Å². The van der Waals surface area contributed by atoms with E-state index in [-0.39, 0.29) is 5.78 Å². The normalized spacial score (nSPS) is 20.2. The minimum atomic E-state index is 0.219. The van der Waals surface area contributed by atoms with E-state index in [1.54, 1.807) is 0 Å². The smallest absolute Gasteiger partial charge is 0.174 e. The fraction of sp³-hybridized carbons (Fsp3) is 0.636. The van der Waals surface area contributed by atoms with Gasteiger partial charge in [0.2, 0.25) is 0 Å². The lowest BCUT2D eigenvalue weighted by Crippen LogP contribution is -2.27. The lowest BCUT2D eigenvalue weighted by Gasteiger charge is -2.06. The summed E-state index contributed by atoms with van der Waals surface area (Å²) in [5, 5.41) is 3.20. The van der Waals surface area contributed by atoms with Crippen molar-refractivity contribution in [2.45, 2.75) is 19.9 Å². The van der Waals surface area contributed by atoms with Crippen LogP contribution in [0.15, 0.2) is 16.6 Å². The van der Waals surface area contributed by atoms with Crippen molar-refractivity contribution < 1.29 is 4.79 Å². The Kier molecular flexibility index (Phi) is 2.86. The number of carbonyl (C=O) groups is 1. The van der Waals surface area contributed by atoms with Crippen LogP contribution in [0.5, 0.6) is 0 Å². The van der Waals surface area contributed by atoms with E-state index in [2.05, 4.69) is 29.1 Å². The van der Waals surface area contributed by atoms with Gasteiger partial charge in [-0.3, -0.25) is 14.7 Å². The molecule has 82 valence electrons. The summed E-state index contributed by atoms with van der Waals surface area (Å²) in [6.45, 7) is 7.37. The van der Waals surface area contributed by atoms with Gasteiger partial charge in [-0.15, -0.1) is 0 Å². The van der Waals surface area contributed by atoms with E-state index in [4.69, 9.17) is 0 Å². The molecule has 0 spiro atoms. The summed E-state index contributed by atoms with van der Waals surface area (Å²) in [7, 11) is 0. The van der Waals surface area contributed by atoms with Crippen molar-refractivity contribution in [3.63, 3.8) is 0 Å². The Morgan fingerprint density at radius 3 is 2.93 bits per heavy atom. The predicted molar refractivity (Wildman–Crippen MR) is 60.1 cm³/mol. The van der Waals surface area contributed by atoms with Crippen LogP contribution in [0.4, 0.5) is 0 Å². The van der Waals surface area contributed by atoms with E-state index in [0.717, 1.165) is 24.5 Å². The summed E-state index contributed by atoms with van der Waals surface area (Å²) in [4.78, 5) is 18.1. The molecule has 4 heteroatoms. The molecule has 0 bridgehead atoms. The Labute approximate surface area is 90.1 Å². The zero-order chi connectivity index (χ0) is 10.8. The van der Waals surface area contributed by atoms with Crippen LogP contribution < -0.4 is 5.32 Å². The number of hydrogen-bond acceptors (Lipinski definition) is 4. The molecule has 0 saturated carbocycles. The first-order chi connectivity index (χ1) is 7.15. The number of hydrogen-bond donors (Lipinski definition) is 1. The fourth-order valence-electron chi connectivity index (χ4n) is 1.51.